The molecule has 5 rings (SSSR count). The van der Waals surface area contributed by atoms with E-state index in [0.717, 1.165) is 23.5 Å². The first-order valence-corrected chi connectivity index (χ1v) is 16.1. The first-order valence-electron chi connectivity index (χ1n) is 13.4. The lowest BCUT2D eigenvalue weighted by molar-refractivity contribution is 0.263. The molecule has 1 aromatic heterocycles. The lowest BCUT2D eigenvalue weighted by Crippen LogP contribution is -2.66. The first-order chi connectivity index (χ1) is 19.2. The molecule has 1 aliphatic heterocycles. The lowest BCUT2D eigenvalue weighted by Gasteiger charge is -2.44. The molecule has 1 atom stereocenters. The minimum atomic E-state index is -2.73. The van der Waals surface area contributed by atoms with Gasteiger partial charge in [0.15, 0.2) is 0 Å². The summed E-state index contributed by atoms with van der Waals surface area (Å²) in [5, 5.41) is 12.6. The summed E-state index contributed by atoms with van der Waals surface area (Å²) in [6.45, 7) is 9.85. The van der Waals surface area contributed by atoms with Crippen molar-refractivity contribution in [1.29, 1.82) is 5.26 Å². The zero-order valence-electron chi connectivity index (χ0n) is 23.2. The van der Waals surface area contributed by atoms with Gasteiger partial charge in [0.05, 0.1) is 22.3 Å². The second-order valence-corrected chi connectivity index (χ2v) is 16.3. The fourth-order valence-corrected chi connectivity index (χ4v) is 11.1. The van der Waals surface area contributed by atoms with E-state index < -0.39 is 8.32 Å². The maximum atomic E-state index is 9.30. The van der Waals surface area contributed by atoms with Gasteiger partial charge in [-0.2, -0.15) is 5.26 Å². The SMILES string of the molecule is Cc1nc(Cl)c2c(n1)N(c1ccc(C#N)cc1Cl)CCC2CO[Si](c1ccccc1)(c1ccccc1)C(C)(C)C. The number of rotatable bonds is 6. The van der Waals surface area contributed by atoms with Gasteiger partial charge in [-0.05, 0) is 47.0 Å². The minimum absolute atomic E-state index is 0.00171. The molecule has 2 heterocycles. The van der Waals surface area contributed by atoms with Crippen molar-refractivity contribution in [3.63, 3.8) is 0 Å². The predicted octanol–water partition coefficient (Wildman–Crippen LogP) is 7.17. The van der Waals surface area contributed by atoms with Crippen LogP contribution in [0, 0.1) is 18.3 Å². The van der Waals surface area contributed by atoms with E-state index >= 15 is 0 Å². The van der Waals surface area contributed by atoms with Crippen LogP contribution >= 0.6 is 23.2 Å². The van der Waals surface area contributed by atoms with Gasteiger partial charge in [-0.25, -0.2) is 9.97 Å². The summed E-state index contributed by atoms with van der Waals surface area (Å²) in [4.78, 5) is 11.5. The number of nitriles is 1. The van der Waals surface area contributed by atoms with E-state index in [2.05, 4.69) is 97.4 Å². The van der Waals surface area contributed by atoms with Gasteiger partial charge in [0.1, 0.15) is 16.8 Å². The van der Waals surface area contributed by atoms with Gasteiger partial charge in [0.2, 0.25) is 0 Å². The van der Waals surface area contributed by atoms with Gasteiger partial charge < -0.3 is 9.33 Å². The topological polar surface area (TPSA) is 62.0 Å². The predicted molar refractivity (Wildman–Crippen MR) is 166 cm³/mol. The normalized spacial score (nSPS) is 15.4. The highest BCUT2D eigenvalue weighted by atomic mass is 35.5. The van der Waals surface area contributed by atoms with Crippen LogP contribution in [0.2, 0.25) is 15.2 Å². The summed E-state index contributed by atoms with van der Waals surface area (Å²) in [5.74, 6) is 1.33. The minimum Gasteiger partial charge on any atom is -0.407 e. The molecule has 1 unspecified atom stereocenters. The van der Waals surface area contributed by atoms with Crippen LogP contribution in [0.25, 0.3) is 0 Å². The molecule has 0 saturated carbocycles. The Bertz CT molecular complexity index is 1510. The third-order valence-corrected chi connectivity index (χ3v) is 13.2. The molecule has 0 bridgehead atoms. The lowest BCUT2D eigenvalue weighted by atomic mass is 9.93. The molecule has 0 N–H and O–H groups in total. The van der Waals surface area contributed by atoms with E-state index in [1.54, 1.807) is 12.1 Å². The van der Waals surface area contributed by atoms with Gasteiger partial charge in [-0.1, -0.05) is 105 Å². The molecular formula is C32H32Cl2N4OSi. The second-order valence-electron chi connectivity index (χ2n) is 11.2. The molecule has 5 nitrogen and oxygen atoms in total. The summed E-state index contributed by atoms with van der Waals surface area (Å²) >= 11 is 13.5. The Morgan fingerprint density at radius 3 is 2.15 bits per heavy atom. The Hall–Kier alpha value is -3.21. The number of anilines is 2. The van der Waals surface area contributed by atoms with Gasteiger partial charge in [-0.3, -0.25) is 0 Å². The molecule has 0 spiro atoms. The fraction of sp³-hybridized carbons (Fsp3) is 0.281. The van der Waals surface area contributed by atoms with Crippen molar-refractivity contribution in [3.05, 3.63) is 106 Å². The Morgan fingerprint density at radius 1 is 0.975 bits per heavy atom. The Balaban J connectivity index is 1.57. The number of nitrogens with zero attached hydrogens (tertiary/aromatic N) is 4. The molecule has 8 heteroatoms. The van der Waals surface area contributed by atoms with Crippen LogP contribution in [0.4, 0.5) is 11.5 Å². The average molecular weight is 588 g/mol. The maximum absolute atomic E-state index is 9.30. The molecule has 1 aliphatic rings. The van der Waals surface area contributed by atoms with Crippen LogP contribution in [0.5, 0.6) is 0 Å². The van der Waals surface area contributed by atoms with Crippen LogP contribution in [0.1, 0.15) is 50.1 Å². The number of fused-ring (bicyclic) bond motifs is 1. The third kappa shape index (κ3) is 5.15. The van der Waals surface area contributed by atoms with Crippen molar-refractivity contribution >= 4 is 53.4 Å². The molecule has 0 saturated heterocycles. The molecular weight excluding hydrogens is 555 g/mol. The van der Waals surface area contributed by atoms with E-state index in [1.165, 1.54) is 10.4 Å². The number of aryl methyl sites for hydroxylation is 1. The molecule has 0 fully saturated rings. The van der Waals surface area contributed by atoms with Crippen LogP contribution in [-0.2, 0) is 4.43 Å². The highest BCUT2D eigenvalue weighted by molar-refractivity contribution is 6.99. The number of aromatic nitrogens is 2. The van der Waals surface area contributed by atoms with Crippen molar-refractivity contribution in [2.24, 2.45) is 0 Å². The van der Waals surface area contributed by atoms with E-state index in [1.807, 2.05) is 13.0 Å². The zero-order valence-corrected chi connectivity index (χ0v) is 25.7. The summed E-state index contributed by atoms with van der Waals surface area (Å²) in [6, 6.07) is 28.8. The van der Waals surface area contributed by atoms with Crippen molar-refractivity contribution < 1.29 is 4.43 Å². The molecule has 40 heavy (non-hydrogen) atoms. The zero-order chi connectivity index (χ0) is 28.5. The van der Waals surface area contributed by atoms with Crippen molar-refractivity contribution in [2.45, 2.75) is 45.1 Å². The van der Waals surface area contributed by atoms with Crippen LogP contribution in [-0.4, -0.2) is 31.4 Å². The Kier molecular flexibility index (Phi) is 8.03. The number of halogens is 2. The number of hydrogen-bond donors (Lipinski definition) is 0. The molecule has 3 aromatic carbocycles. The molecule has 0 aliphatic carbocycles. The highest BCUT2D eigenvalue weighted by Crippen LogP contribution is 2.45. The largest absolute Gasteiger partial charge is 0.407 e. The monoisotopic (exact) mass is 586 g/mol. The van der Waals surface area contributed by atoms with Crippen molar-refractivity contribution in [3.8, 4) is 6.07 Å². The van der Waals surface area contributed by atoms with Crippen molar-refractivity contribution in [1.82, 2.24) is 9.97 Å². The van der Waals surface area contributed by atoms with Gasteiger partial charge in [0.25, 0.3) is 8.32 Å². The standard InChI is InChI=1S/C32H32Cl2N4OSi/c1-22-36-30(34)29-24(17-18-38(31(29)37-22)28-16-15-23(20-35)19-27(28)33)21-39-40(32(2,3)4,25-11-7-5-8-12-25)26-13-9-6-10-14-26/h5-16,19,24H,17-18,21H2,1-4H3. The van der Waals surface area contributed by atoms with Gasteiger partial charge >= 0.3 is 0 Å². The van der Waals surface area contributed by atoms with Crippen LogP contribution in [0.15, 0.2) is 78.9 Å². The number of benzene rings is 3. The molecule has 0 amide bonds. The van der Waals surface area contributed by atoms with Gasteiger partial charge in [0, 0.05) is 24.6 Å². The summed E-state index contributed by atoms with van der Waals surface area (Å²) in [5.41, 5.74) is 2.18. The van der Waals surface area contributed by atoms with Crippen LogP contribution < -0.4 is 15.3 Å². The van der Waals surface area contributed by atoms with E-state index in [9.17, 15) is 5.26 Å². The second kappa shape index (κ2) is 11.3. The Morgan fingerprint density at radius 2 is 1.60 bits per heavy atom. The first kappa shape index (κ1) is 28.3. The summed E-state index contributed by atoms with van der Waals surface area (Å²) in [6.07, 6.45) is 0.785. The van der Waals surface area contributed by atoms with E-state index in [0.29, 0.717) is 34.7 Å². The smallest absolute Gasteiger partial charge is 0.261 e. The average Bonchev–Trinajstić information content (AvgIpc) is 2.93. The maximum Gasteiger partial charge on any atom is 0.261 e. The highest BCUT2D eigenvalue weighted by Gasteiger charge is 2.50. The summed E-state index contributed by atoms with van der Waals surface area (Å²) < 4.78 is 7.29. The van der Waals surface area contributed by atoms with Crippen molar-refractivity contribution in [2.75, 3.05) is 18.1 Å². The third-order valence-electron chi connectivity index (χ3n) is 7.64. The molecule has 0 radical (unpaired) electrons. The number of hydrogen-bond acceptors (Lipinski definition) is 5. The molecule has 4 aromatic rings. The molecule has 204 valence electrons. The van der Waals surface area contributed by atoms with E-state index in [4.69, 9.17) is 32.6 Å². The quantitative estimate of drug-likeness (QED) is 0.177. The Labute approximate surface area is 247 Å². The van der Waals surface area contributed by atoms with E-state index in [-0.39, 0.29) is 11.0 Å². The van der Waals surface area contributed by atoms with Crippen LogP contribution in [0.3, 0.4) is 0 Å². The summed E-state index contributed by atoms with van der Waals surface area (Å²) in [7, 11) is -2.73. The van der Waals surface area contributed by atoms with Gasteiger partial charge in [-0.15, -0.1) is 0 Å². The fourth-order valence-electron chi connectivity index (χ4n) is 5.81.